The van der Waals surface area contributed by atoms with Crippen molar-refractivity contribution in [3.63, 3.8) is 0 Å². The maximum Gasteiger partial charge on any atom is 0.228 e. The van der Waals surface area contributed by atoms with E-state index < -0.39 is 0 Å². The Labute approximate surface area is 244 Å². The number of benzene rings is 2. The molecule has 204 valence electrons. The minimum Gasteiger partial charge on any atom is -0.326 e. The van der Waals surface area contributed by atoms with Crippen LogP contribution in [0.25, 0.3) is 38.9 Å². The second-order valence-electron chi connectivity index (χ2n) is 9.46. The largest absolute Gasteiger partial charge is 0.326 e. The van der Waals surface area contributed by atoms with Crippen LogP contribution >= 0.6 is 11.3 Å². The first-order valence-electron chi connectivity index (χ1n) is 13.2. The van der Waals surface area contributed by atoms with E-state index >= 15 is 0 Å². The van der Waals surface area contributed by atoms with Crippen LogP contribution < -0.4 is 10.6 Å². The highest BCUT2D eigenvalue weighted by atomic mass is 32.1. The van der Waals surface area contributed by atoms with Gasteiger partial charge in [0.1, 0.15) is 11.5 Å². The van der Waals surface area contributed by atoms with Crippen molar-refractivity contribution < 1.29 is 4.79 Å². The van der Waals surface area contributed by atoms with Gasteiger partial charge < -0.3 is 10.6 Å². The highest BCUT2D eigenvalue weighted by molar-refractivity contribution is 7.15. The summed E-state index contributed by atoms with van der Waals surface area (Å²) < 4.78 is 2.02. The fourth-order valence-corrected chi connectivity index (χ4v) is 5.40. The van der Waals surface area contributed by atoms with Gasteiger partial charge in [0.15, 0.2) is 4.96 Å². The van der Waals surface area contributed by atoms with Crippen LogP contribution in [0, 0.1) is 0 Å². The number of rotatable bonds is 8. The van der Waals surface area contributed by atoms with Crippen LogP contribution in [-0.4, -0.2) is 40.4 Å². The number of anilines is 3. The minimum absolute atomic E-state index is 0.0820. The molecular formula is C31H23N9OS. The van der Waals surface area contributed by atoms with E-state index in [9.17, 15) is 4.79 Å². The van der Waals surface area contributed by atoms with Crippen molar-refractivity contribution in [3.8, 4) is 33.9 Å². The van der Waals surface area contributed by atoms with E-state index in [0.29, 0.717) is 29.6 Å². The number of H-pyrrole nitrogens is 1. The molecule has 7 aromatic rings. The number of nitrogens with one attached hydrogen (secondary N) is 3. The van der Waals surface area contributed by atoms with Gasteiger partial charge in [-0.25, -0.2) is 15.0 Å². The van der Waals surface area contributed by atoms with Crippen molar-refractivity contribution in [1.82, 2.24) is 34.5 Å². The number of carbonyl (C=O) groups is 1. The van der Waals surface area contributed by atoms with Crippen molar-refractivity contribution >= 4 is 39.7 Å². The first kappa shape index (κ1) is 25.3. The fourth-order valence-electron chi connectivity index (χ4n) is 4.68. The lowest BCUT2D eigenvalue weighted by atomic mass is 10.1. The third-order valence-electron chi connectivity index (χ3n) is 6.57. The molecule has 0 spiro atoms. The van der Waals surface area contributed by atoms with Crippen molar-refractivity contribution in [2.75, 3.05) is 10.6 Å². The number of hydrogen-bond acceptors (Lipinski definition) is 8. The van der Waals surface area contributed by atoms with E-state index in [-0.39, 0.29) is 5.91 Å². The van der Waals surface area contributed by atoms with Gasteiger partial charge in [-0.15, -0.1) is 11.3 Å². The van der Waals surface area contributed by atoms with Crippen LogP contribution in [0.2, 0.25) is 0 Å². The van der Waals surface area contributed by atoms with E-state index in [1.54, 1.807) is 18.6 Å². The molecule has 0 bridgehead atoms. The van der Waals surface area contributed by atoms with Crippen LogP contribution in [-0.2, 0) is 11.2 Å². The number of pyridine rings is 1. The molecule has 0 atom stereocenters. The van der Waals surface area contributed by atoms with E-state index in [2.05, 4.69) is 30.8 Å². The molecule has 5 heterocycles. The van der Waals surface area contributed by atoms with Crippen LogP contribution in [0.4, 0.5) is 17.5 Å². The smallest absolute Gasteiger partial charge is 0.228 e. The zero-order valence-electron chi connectivity index (χ0n) is 22.1. The molecule has 0 saturated carbocycles. The Bertz CT molecular complexity index is 2000. The van der Waals surface area contributed by atoms with Gasteiger partial charge >= 0.3 is 0 Å². The molecule has 1 amide bonds. The van der Waals surface area contributed by atoms with Crippen LogP contribution in [0.3, 0.4) is 0 Å². The number of amides is 1. The van der Waals surface area contributed by atoms with Gasteiger partial charge in [-0.1, -0.05) is 42.5 Å². The molecule has 42 heavy (non-hydrogen) atoms. The maximum atomic E-state index is 12.7. The number of hydrogen-bond donors (Lipinski definition) is 3. The predicted molar refractivity (Wildman–Crippen MR) is 163 cm³/mol. The molecule has 0 aliphatic heterocycles. The van der Waals surface area contributed by atoms with Gasteiger partial charge in [0.2, 0.25) is 11.9 Å². The van der Waals surface area contributed by atoms with Crippen molar-refractivity contribution in [3.05, 3.63) is 115 Å². The highest BCUT2D eigenvalue weighted by Gasteiger charge is 2.19. The zero-order chi connectivity index (χ0) is 28.3. The van der Waals surface area contributed by atoms with Gasteiger partial charge in [0.05, 0.1) is 23.5 Å². The first-order valence-corrected chi connectivity index (χ1v) is 14.0. The quantitative estimate of drug-likeness (QED) is 0.198. The third kappa shape index (κ3) is 5.23. The molecule has 0 radical (unpaired) electrons. The normalized spacial score (nSPS) is 11.0. The topological polar surface area (TPSA) is 126 Å². The van der Waals surface area contributed by atoms with E-state index in [0.717, 1.165) is 38.7 Å². The van der Waals surface area contributed by atoms with Crippen LogP contribution in [0.1, 0.15) is 5.56 Å². The molecule has 0 saturated heterocycles. The molecule has 0 unspecified atom stereocenters. The van der Waals surface area contributed by atoms with Gasteiger partial charge in [-0.3, -0.25) is 19.3 Å². The average Bonchev–Trinajstić information content (AvgIpc) is 3.75. The SMILES string of the molecule is O=C(Cc1ccccc1)Nc1cccc(-c2nc3sccn3c2-c2ccnc(Nc3cc(-c4cccnc4)n[nH]3)n2)c1. The molecule has 0 aliphatic rings. The number of carbonyl (C=O) groups excluding carboxylic acids is 1. The second-order valence-corrected chi connectivity index (χ2v) is 10.3. The molecule has 0 fully saturated rings. The Morgan fingerprint density at radius 2 is 1.81 bits per heavy atom. The average molecular weight is 570 g/mol. The molecule has 2 aromatic carbocycles. The second kappa shape index (κ2) is 11.1. The van der Waals surface area contributed by atoms with Crippen molar-refractivity contribution in [2.45, 2.75) is 6.42 Å². The number of aromatic nitrogens is 7. The van der Waals surface area contributed by atoms with Gasteiger partial charge in [-0.05, 0) is 35.9 Å². The maximum absolute atomic E-state index is 12.7. The lowest BCUT2D eigenvalue weighted by Gasteiger charge is -2.09. The monoisotopic (exact) mass is 569 g/mol. The highest BCUT2D eigenvalue weighted by Crippen LogP contribution is 2.35. The summed E-state index contributed by atoms with van der Waals surface area (Å²) >= 11 is 1.54. The van der Waals surface area contributed by atoms with E-state index in [4.69, 9.17) is 9.97 Å². The molecular weight excluding hydrogens is 546 g/mol. The summed E-state index contributed by atoms with van der Waals surface area (Å²) in [6, 6.07) is 24.9. The Hall–Kier alpha value is -5.68. The number of thiazole rings is 1. The molecule has 7 rings (SSSR count). The van der Waals surface area contributed by atoms with Crippen molar-refractivity contribution in [1.29, 1.82) is 0 Å². The lowest BCUT2D eigenvalue weighted by Crippen LogP contribution is -2.14. The van der Waals surface area contributed by atoms with Crippen LogP contribution in [0.5, 0.6) is 0 Å². The van der Waals surface area contributed by atoms with Gasteiger partial charge in [-0.2, -0.15) is 5.10 Å². The number of fused-ring (bicyclic) bond motifs is 1. The van der Waals surface area contributed by atoms with Gasteiger partial charge in [0.25, 0.3) is 0 Å². The van der Waals surface area contributed by atoms with Crippen molar-refractivity contribution in [2.24, 2.45) is 0 Å². The lowest BCUT2D eigenvalue weighted by molar-refractivity contribution is -0.115. The molecule has 10 nitrogen and oxygen atoms in total. The molecule has 0 aliphatic carbocycles. The summed E-state index contributed by atoms with van der Waals surface area (Å²) in [6.45, 7) is 0. The van der Waals surface area contributed by atoms with Gasteiger partial charge in [0, 0.05) is 53.0 Å². The standard InChI is InChI=1S/C31H23N9OS/c41-27(16-20-6-2-1-3-7-20)34-23-10-4-8-21(17-23)28-29(40-14-15-42-31(40)37-28)24-11-13-33-30(35-24)36-26-18-25(38-39-26)22-9-5-12-32-19-22/h1-15,17-19H,16H2,(H,34,41)(H2,33,35,36,38,39). The Morgan fingerprint density at radius 1 is 0.905 bits per heavy atom. The summed E-state index contributed by atoms with van der Waals surface area (Å²) in [5.41, 5.74) is 6.45. The summed E-state index contributed by atoms with van der Waals surface area (Å²) in [5.74, 6) is 0.979. The number of imidazole rings is 1. The van der Waals surface area contributed by atoms with E-state index in [1.807, 2.05) is 94.8 Å². The summed E-state index contributed by atoms with van der Waals surface area (Å²) in [7, 11) is 0. The summed E-state index contributed by atoms with van der Waals surface area (Å²) in [4.78, 5) is 31.9. The summed E-state index contributed by atoms with van der Waals surface area (Å²) in [5, 5.41) is 15.6. The Morgan fingerprint density at radius 3 is 2.69 bits per heavy atom. The molecule has 5 aromatic heterocycles. The fraction of sp³-hybridized carbons (Fsp3) is 0.0323. The Balaban J connectivity index is 1.18. The predicted octanol–water partition coefficient (Wildman–Crippen LogP) is 6.23. The minimum atomic E-state index is -0.0820. The third-order valence-corrected chi connectivity index (χ3v) is 7.33. The van der Waals surface area contributed by atoms with Crippen LogP contribution in [0.15, 0.2) is 109 Å². The number of nitrogens with zero attached hydrogens (tertiary/aromatic N) is 6. The number of aromatic amines is 1. The first-order chi connectivity index (χ1) is 20.7. The van der Waals surface area contributed by atoms with E-state index in [1.165, 1.54) is 11.3 Å². The summed E-state index contributed by atoms with van der Waals surface area (Å²) in [6.07, 6.45) is 7.46. The Kier molecular flexibility index (Phi) is 6.66. The zero-order valence-corrected chi connectivity index (χ0v) is 22.9. The molecule has 3 N–H and O–H groups in total. The molecule has 11 heteroatoms.